The van der Waals surface area contributed by atoms with E-state index in [1.165, 1.54) is 19.1 Å². The predicted octanol–water partition coefficient (Wildman–Crippen LogP) is 3.32. The zero-order chi connectivity index (χ0) is 27.8. The van der Waals surface area contributed by atoms with E-state index in [2.05, 4.69) is 20.8 Å². The number of carbonyl (C=O) groups excluding carboxylic acids is 1. The Labute approximate surface area is 225 Å². The molecule has 1 saturated heterocycles. The van der Waals surface area contributed by atoms with E-state index in [1.807, 2.05) is 67.6 Å². The number of hydrogen-bond donors (Lipinski definition) is 1. The number of ether oxygens (including phenoxy) is 1. The average molecular weight is 555 g/mol. The Morgan fingerprint density at radius 3 is 1.89 bits per heavy atom. The molecule has 4 rings (SSSR count). The van der Waals surface area contributed by atoms with Crippen LogP contribution in [0, 0.1) is 6.92 Å². The fourth-order valence-electron chi connectivity index (χ4n) is 4.94. The molecule has 1 N–H and O–H groups in total. The Bertz CT molecular complexity index is 1330. The van der Waals surface area contributed by atoms with Gasteiger partial charge in [-0.25, -0.2) is 4.79 Å². The zero-order valence-corrected chi connectivity index (χ0v) is 24.1. The van der Waals surface area contributed by atoms with Gasteiger partial charge in [0, 0.05) is 0 Å². The van der Waals surface area contributed by atoms with Gasteiger partial charge >= 0.3 is 5.97 Å². The van der Waals surface area contributed by atoms with Crippen molar-refractivity contribution in [2.75, 3.05) is 6.61 Å². The SMILES string of the molecule is Cc1ccc(S(=O)(=O)O[C@@H]2[C@@H](CO[Si](c3ccccc3)(c3ccccc3)C(C)(C)C)OC(=O)[C@]2(C)O)cc1. The molecule has 9 heteroatoms. The molecule has 0 bridgehead atoms. The first-order valence-corrected chi connectivity index (χ1v) is 15.8. The molecule has 1 fully saturated rings. The van der Waals surface area contributed by atoms with Crippen LogP contribution >= 0.6 is 0 Å². The lowest BCUT2D eigenvalue weighted by Crippen LogP contribution is -2.67. The molecular weight excluding hydrogens is 520 g/mol. The van der Waals surface area contributed by atoms with Crippen molar-refractivity contribution in [2.24, 2.45) is 0 Å². The number of cyclic esters (lactones) is 1. The van der Waals surface area contributed by atoms with Crippen molar-refractivity contribution in [3.05, 3.63) is 90.5 Å². The smallest absolute Gasteiger partial charge is 0.341 e. The molecular formula is C29H34O7SSi. The van der Waals surface area contributed by atoms with Gasteiger partial charge in [0.25, 0.3) is 18.4 Å². The van der Waals surface area contributed by atoms with Crippen molar-refractivity contribution in [1.29, 1.82) is 0 Å². The van der Waals surface area contributed by atoms with Crippen molar-refractivity contribution in [1.82, 2.24) is 0 Å². The third-order valence-electron chi connectivity index (χ3n) is 6.98. The Morgan fingerprint density at radius 1 is 0.921 bits per heavy atom. The van der Waals surface area contributed by atoms with Gasteiger partial charge in [-0.15, -0.1) is 0 Å². The summed E-state index contributed by atoms with van der Waals surface area (Å²) in [7, 11) is -7.33. The molecule has 0 spiro atoms. The lowest BCUT2D eigenvalue weighted by molar-refractivity contribution is -0.155. The number of benzene rings is 3. The minimum atomic E-state index is -4.31. The van der Waals surface area contributed by atoms with Gasteiger partial charge in [0.2, 0.25) is 0 Å². The van der Waals surface area contributed by atoms with Gasteiger partial charge in [0.1, 0.15) is 0 Å². The van der Waals surface area contributed by atoms with E-state index in [0.29, 0.717) is 0 Å². The quantitative estimate of drug-likeness (QED) is 0.259. The lowest BCUT2D eigenvalue weighted by atomic mass is 9.99. The molecule has 0 radical (unpaired) electrons. The van der Waals surface area contributed by atoms with Crippen LogP contribution in [0.1, 0.15) is 33.3 Å². The van der Waals surface area contributed by atoms with Gasteiger partial charge < -0.3 is 14.3 Å². The van der Waals surface area contributed by atoms with Crippen molar-refractivity contribution >= 4 is 34.8 Å². The minimum absolute atomic E-state index is 0.0788. The second-order valence-electron chi connectivity index (χ2n) is 10.8. The standard InChI is InChI=1S/C29H34O7SSi/c1-21-16-18-22(19-17-21)37(32,33)36-26-25(35-27(30)29(26,5)31)20-34-38(28(2,3)4,23-12-8-6-9-13-23)24-14-10-7-11-15-24/h6-19,25-26,31H,20H2,1-5H3/t25-,26-,29-/m1/s1. The van der Waals surface area contributed by atoms with Crippen molar-refractivity contribution in [3.63, 3.8) is 0 Å². The summed E-state index contributed by atoms with van der Waals surface area (Å²) < 4.78 is 44.0. The molecule has 7 nitrogen and oxygen atoms in total. The number of esters is 1. The molecule has 0 aliphatic carbocycles. The maximum atomic E-state index is 13.1. The van der Waals surface area contributed by atoms with Crippen LogP contribution in [0.3, 0.4) is 0 Å². The summed E-state index contributed by atoms with van der Waals surface area (Å²) in [5, 5.41) is 12.6. The van der Waals surface area contributed by atoms with E-state index >= 15 is 0 Å². The van der Waals surface area contributed by atoms with E-state index in [9.17, 15) is 18.3 Å². The molecule has 1 heterocycles. The summed E-state index contributed by atoms with van der Waals surface area (Å²) in [6.45, 7) is 9.18. The summed E-state index contributed by atoms with van der Waals surface area (Å²) in [5.74, 6) is -0.961. The van der Waals surface area contributed by atoms with Crippen LogP contribution in [-0.2, 0) is 28.3 Å². The molecule has 0 amide bonds. The van der Waals surface area contributed by atoms with Crippen molar-refractivity contribution < 1.29 is 31.7 Å². The molecule has 3 atom stereocenters. The molecule has 202 valence electrons. The van der Waals surface area contributed by atoms with Crippen molar-refractivity contribution in [2.45, 2.75) is 62.4 Å². The Morgan fingerprint density at radius 2 is 1.42 bits per heavy atom. The fraction of sp³-hybridized carbons (Fsp3) is 0.345. The maximum absolute atomic E-state index is 13.1. The van der Waals surface area contributed by atoms with Crippen LogP contribution in [0.2, 0.25) is 5.04 Å². The van der Waals surface area contributed by atoms with Crippen LogP contribution in [0.15, 0.2) is 89.8 Å². The molecule has 0 saturated carbocycles. The minimum Gasteiger partial charge on any atom is -0.455 e. The third kappa shape index (κ3) is 5.21. The van der Waals surface area contributed by atoms with Crippen LogP contribution in [-0.4, -0.2) is 52.2 Å². The molecule has 3 aromatic rings. The highest BCUT2D eigenvalue weighted by Crippen LogP contribution is 2.38. The van der Waals surface area contributed by atoms with Gasteiger partial charge in [0.15, 0.2) is 17.8 Å². The predicted molar refractivity (Wildman–Crippen MR) is 147 cm³/mol. The van der Waals surface area contributed by atoms with Crippen LogP contribution in [0.4, 0.5) is 0 Å². The highest BCUT2D eigenvalue weighted by molar-refractivity contribution is 7.86. The summed E-state index contributed by atoms with van der Waals surface area (Å²) >= 11 is 0. The zero-order valence-electron chi connectivity index (χ0n) is 22.2. The third-order valence-corrected chi connectivity index (χ3v) is 13.3. The van der Waals surface area contributed by atoms with E-state index in [4.69, 9.17) is 13.3 Å². The number of carbonyl (C=O) groups is 1. The molecule has 38 heavy (non-hydrogen) atoms. The molecule has 1 aliphatic heterocycles. The number of aliphatic hydroxyl groups is 1. The second kappa shape index (κ2) is 10.4. The number of hydrogen-bond acceptors (Lipinski definition) is 7. The number of aryl methyl sites for hydroxylation is 1. The van der Waals surface area contributed by atoms with Crippen LogP contribution < -0.4 is 10.4 Å². The van der Waals surface area contributed by atoms with E-state index in [-0.39, 0.29) is 16.5 Å². The van der Waals surface area contributed by atoms with Gasteiger partial charge in [0.05, 0.1) is 11.5 Å². The van der Waals surface area contributed by atoms with Crippen LogP contribution in [0.25, 0.3) is 0 Å². The monoisotopic (exact) mass is 554 g/mol. The summed E-state index contributed by atoms with van der Waals surface area (Å²) in [5.41, 5.74) is -1.30. The van der Waals surface area contributed by atoms with Crippen molar-refractivity contribution in [3.8, 4) is 0 Å². The Balaban J connectivity index is 1.72. The first kappa shape index (κ1) is 28.2. The van der Waals surface area contributed by atoms with Gasteiger partial charge in [-0.3, -0.25) is 4.18 Å². The largest absolute Gasteiger partial charge is 0.455 e. The lowest BCUT2D eigenvalue weighted by Gasteiger charge is -2.43. The highest BCUT2D eigenvalue weighted by Gasteiger charge is 2.58. The molecule has 1 aliphatic rings. The Kier molecular flexibility index (Phi) is 7.71. The Hall–Kier alpha value is -2.82. The summed E-state index contributed by atoms with van der Waals surface area (Å²) in [6, 6.07) is 25.9. The van der Waals surface area contributed by atoms with Crippen LogP contribution in [0.5, 0.6) is 0 Å². The maximum Gasteiger partial charge on any atom is 0.341 e. The molecule has 0 aromatic heterocycles. The average Bonchev–Trinajstić information content (AvgIpc) is 3.07. The summed E-state index contributed by atoms with van der Waals surface area (Å²) in [4.78, 5) is 12.6. The first-order chi connectivity index (χ1) is 17.8. The van der Waals surface area contributed by atoms with Gasteiger partial charge in [-0.05, 0) is 41.4 Å². The molecule has 0 unspecified atom stereocenters. The number of rotatable bonds is 8. The fourth-order valence-corrected chi connectivity index (χ4v) is 10.7. The topological polar surface area (TPSA) is 99.1 Å². The first-order valence-electron chi connectivity index (χ1n) is 12.5. The van der Waals surface area contributed by atoms with E-state index in [1.54, 1.807) is 12.1 Å². The van der Waals surface area contributed by atoms with E-state index in [0.717, 1.165) is 15.9 Å². The van der Waals surface area contributed by atoms with Gasteiger partial charge in [-0.1, -0.05) is 99.1 Å². The normalized spacial score (nSPS) is 22.3. The van der Waals surface area contributed by atoms with Gasteiger partial charge in [-0.2, -0.15) is 8.42 Å². The highest BCUT2D eigenvalue weighted by atomic mass is 32.2. The van der Waals surface area contributed by atoms with E-state index < -0.39 is 42.2 Å². The summed E-state index contributed by atoms with van der Waals surface area (Å²) in [6.07, 6.45) is -2.65. The molecule has 3 aromatic carbocycles. The second-order valence-corrected chi connectivity index (χ2v) is 16.7.